The van der Waals surface area contributed by atoms with Crippen molar-refractivity contribution in [3.8, 4) is 0 Å². The molecule has 1 aliphatic rings. The zero-order chi connectivity index (χ0) is 14.9. The minimum Gasteiger partial charge on any atom is -0.390 e. The molecule has 1 aromatic heterocycles. The molecule has 20 heavy (non-hydrogen) atoms. The van der Waals surface area contributed by atoms with Gasteiger partial charge in [-0.25, -0.2) is 12.7 Å². The third kappa shape index (κ3) is 2.92. The molecule has 1 heterocycles. The minimum absolute atomic E-state index is 0.123. The molecule has 1 N–H and O–H groups in total. The van der Waals surface area contributed by atoms with E-state index < -0.39 is 10.0 Å². The first-order valence-corrected chi connectivity index (χ1v) is 8.58. The average molecular weight is 300 g/mol. The summed E-state index contributed by atoms with van der Waals surface area (Å²) in [5, 5.41) is 9.35. The normalized spacial score (nSPS) is 16.9. The third-order valence-electron chi connectivity index (χ3n) is 4.07. The molecule has 2 rings (SSSR count). The van der Waals surface area contributed by atoms with E-state index in [9.17, 15) is 13.5 Å². The van der Waals surface area contributed by atoms with Crippen LogP contribution in [-0.4, -0.2) is 36.0 Å². The van der Waals surface area contributed by atoms with E-state index in [-0.39, 0.29) is 17.5 Å². The maximum atomic E-state index is 12.5. The van der Waals surface area contributed by atoms with Crippen LogP contribution in [0.25, 0.3) is 0 Å². The highest BCUT2D eigenvalue weighted by Gasteiger charge is 2.28. The Balaban J connectivity index is 2.24. The number of sulfonamides is 1. The van der Waals surface area contributed by atoms with Crippen molar-refractivity contribution in [3.05, 3.63) is 18.0 Å². The SMILES string of the molecule is CC(C)n1cc(S(=O)(=O)N(C)CC2CCC2)cc1CO. The van der Waals surface area contributed by atoms with E-state index in [0.29, 0.717) is 18.2 Å². The predicted molar refractivity (Wildman–Crippen MR) is 77.9 cm³/mol. The van der Waals surface area contributed by atoms with Crippen LogP contribution < -0.4 is 0 Å². The van der Waals surface area contributed by atoms with Gasteiger partial charge in [-0.2, -0.15) is 0 Å². The summed E-state index contributed by atoms with van der Waals surface area (Å²) in [5.41, 5.74) is 0.635. The maximum absolute atomic E-state index is 12.5. The summed E-state index contributed by atoms with van der Waals surface area (Å²) >= 11 is 0. The number of aliphatic hydroxyl groups is 1. The van der Waals surface area contributed by atoms with Gasteiger partial charge in [-0.05, 0) is 38.7 Å². The van der Waals surface area contributed by atoms with Crippen LogP contribution >= 0.6 is 0 Å². The van der Waals surface area contributed by atoms with Crippen molar-refractivity contribution in [2.24, 2.45) is 5.92 Å². The lowest BCUT2D eigenvalue weighted by molar-refractivity contribution is 0.263. The van der Waals surface area contributed by atoms with Crippen molar-refractivity contribution in [3.63, 3.8) is 0 Å². The van der Waals surface area contributed by atoms with Crippen LogP contribution in [-0.2, 0) is 16.6 Å². The zero-order valence-electron chi connectivity index (χ0n) is 12.4. The summed E-state index contributed by atoms with van der Waals surface area (Å²) < 4.78 is 28.3. The van der Waals surface area contributed by atoms with Crippen molar-refractivity contribution in [2.45, 2.75) is 50.7 Å². The van der Waals surface area contributed by atoms with Gasteiger partial charge in [0.2, 0.25) is 10.0 Å². The van der Waals surface area contributed by atoms with E-state index in [1.165, 1.54) is 10.7 Å². The number of rotatable bonds is 6. The Bertz CT molecular complexity index is 559. The van der Waals surface area contributed by atoms with E-state index in [4.69, 9.17) is 0 Å². The van der Waals surface area contributed by atoms with E-state index >= 15 is 0 Å². The van der Waals surface area contributed by atoms with Gasteiger partial charge in [-0.1, -0.05) is 6.42 Å². The summed E-state index contributed by atoms with van der Waals surface area (Å²) in [4.78, 5) is 0.275. The molecule has 1 aliphatic carbocycles. The predicted octanol–water partition coefficient (Wildman–Crippen LogP) is 1.98. The first-order valence-electron chi connectivity index (χ1n) is 7.14. The second-order valence-electron chi connectivity index (χ2n) is 5.91. The standard InChI is InChI=1S/C14H24N2O3S/c1-11(2)16-9-14(7-13(16)10-17)20(18,19)15(3)8-12-5-4-6-12/h7,9,11-12,17H,4-6,8,10H2,1-3H3. The fourth-order valence-electron chi connectivity index (χ4n) is 2.56. The van der Waals surface area contributed by atoms with Gasteiger partial charge in [0, 0.05) is 31.5 Å². The molecule has 0 spiro atoms. The van der Waals surface area contributed by atoms with Crippen molar-refractivity contribution in [1.82, 2.24) is 8.87 Å². The smallest absolute Gasteiger partial charge is 0.244 e. The Morgan fingerprint density at radius 1 is 1.45 bits per heavy atom. The molecule has 0 bridgehead atoms. The van der Waals surface area contributed by atoms with Gasteiger partial charge in [0.05, 0.1) is 6.61 Å². The number of nitrogens with zero attached hydrogens (tertiary/aromatic N) is 2. The molecule has 1 aromatic rings. The number of aliphatic hydroxyl groups excluding tert-OH is 1. The van der Waals surface area contributed by atoms with Gasteiger partial charge in [0.25, 0.3) is 0 Å². The summed E-state index contributed by atoms with van der Waals surface area (Å²) in [5.74, 6) is 0.499. The van der Waals surface area contributed by atoms with Gasteiger partial charge in [0.15, 0.2) is 0 Å². The number of aromatic nitrogens is 1. The minimum atomic E-state index is -3.45. The van der Waals surface area contributed by atoms with Crippen molar-refractivity contribution in [2.75, 3.05) is 13.6 Å². The van der Waals surface area contributed by atoms with Crippen LogP contribution in [0.5, 0.6) is 0 Å². The van der Waals surface area contributed by atoms with Crippen LogP contribution in [0.15, 0.2) is 17.2 Å². The highest BCUT2D eigenvalue weighted by atomic mass is 32.2. The lowest BCUT2D eigenvalue weighted by Gasteiger charge is -2.29. The summed E-state index contributed by atoms with van der Waals surface area (Å²) in [6.07, 6.45) is 5.07. The van der Waals surface area contributed by atoms with E-state index in [0.717, 1.165) is 12.8 Å². The third-order valence-corrected chi connectivity index (χ3v) is 5.86. The maximum Gasteiger partial charge on any atom is 0.244 e. The molecule has 1 fully saturated rings. The Kier molecular flexibility index (Phi) is 4.56. The Morgan fingerprint density at radius 2 is 2.10 bits per heavy atom. The van der Waals surface area contributed by atoms with Crippen LogP contribution in [0.3, 0.4) is 0 Å². The lowest BCUT2D eigenvalue weighted by atomic mass is 9.86. The largest absolute Gasteiger partial charge is 0.390 e. The summed E-state index contributed by atoms with van der Waals surface area (Å²) in [7, 11) is -1.82. The molecule has 0 radical (unpaired) electrons. The quantitative estimate of drug-likeness (QED) is 0.874. The van der Waals surface area contributed by atoms with E-state index in [1.54, 1.807) is 19.3 Å². The molecule has 0 unspecified atom stereocenters. The fourth-order valence-corrected chi connectivity index (χ4v) is 3.86. The second kappa shape index (κ2) is 5.87. The first kappa shape index (κ1) is 15.5. The highest BCUT2D eigenvalue weighted by Crippen LogP contribution is 2.29. The molecule has 0 saturated heterocycles. The molecule has 0 aromatic carbocycles. The Morgan fingerprint density at radius 3 is 2.50 bits per heavy atom. The Labute approximate surface area is 121 Å². The van der Waals surface area contributed by atoms with E-state index in [2.05, 4.69) is 0 Å². The molecular weight excluding hydrogens is 276 g/mol. The van der Waals surface area contributed by atoms with Crippen LogP contribution in [0, 0.1) is 5.92 Å². The van der Waals surface area contributed by atoms with Crippen molar-refractivity contribution in [1.29, 1.82) is 0 Å². The monoisotopic (exact) mass is 300 g/mol. The molecule has 114 valence electrons. The fraction of sp³-hybridized carbons (Fsp3) is 0.714. The van der Waals surface area contributed by atoms with Crippen LogP contribution in [0.4, 0.5) is 0 Å². The number of hydrogen-bond acceptors (Lipinski definition) is 3. The molecule has 0 aliphatic heterocycles. The van der Waals surface area contributed by atoms with Crippen molar-refractivity contribution < 1.29 is 13.5 Å². The first-order chi connectivity index (χ1) is 9.36. The second-order valence-corrected chi connectivity index (χ2v) is 7.95. The molecular formula is C14H24N2O3S. The van der Waals surface area contributed by atoms with Gasteiger partial charge in [0.1, 0.15) is 4.90 Å². The van der Waals surface area contributed by atoms with Gasteiger partial charge in [-0.3, -0.25) is 0 Å². The summed E-state index contributed by atoms with van der Waals surface area (Å²) in [6.45, 7) is 4.37. The molecule has 5 nitrogen and oxygen atoms in total. The molecule has 0 atom stereocenters. The zero-order valence-corrected chi connectivity index (χ0v) is 13.2. The van der Waals surface area contributed by atoms with Crippen LogP contribution in [0.1, 0.15) is 44.8 Å². The topological polar surface area (TPSA) is 62.5 Å². The molecule has 6 heteroatoms. The average Bonchev–Trinajstić information content (AvgIpc) is 2.78. The van der Waals surface area contributed by atoms with E-state index in [1.807, 2.05) is 18.4 Å². The van der Waals surface area contributed by atoms with Gasteiger partial charge < -0.3 is 9.67 Å². The Hall–Kier alpha value is -0.850. The van der Waals surface area contributed by atoms with Crippen LogP contribution in [0.2, 0.25) is 0 Å². The highest BCUT2D eigenvalue weighted by molar-refractivity contribution is 7.89. The molecule has 0 amide bonds. The number of hydrogen-bond donors (Lipinski definition) is 1. The van der Waals surface area contributed by atoms with Crippen molar-refractivity contribution >= 4 is 10.0 Å². The van der Waals surface area contributed by atoms with Gasteiger partial charge >= 0.3 is 0 Å². The molecule has 1 saturated carbocycles. The summed E-state index contributed by atoms with van der Waals surface area (Å²) in [6, 6.07) is 1.70. The van der Waals surface area contributed by atoms with Gasteiger partial charge in [-0.15, -0.1) is 0 Å². The lowest BCUT2D eigenvalue weighted by Crippen LogP contribution is -2.34.